The minimum Gasteiger partial charge on any atom is -0.495 e. The molecular weight excluding hydrogens is 350 g/mol. The van der Waals surface area contributed by atoms with Crippen LogP contribution in [-0.4, -0.2) is 30.4 Å². The number of nitro groups is 1. The van der Waals surface area contributed by atoms with E-state index in [9.17, 15) is 19.7 Å². The predicted octanol–water partition coefficient (Wildman–Crippen LogP) is 3.37. The van der Waals surface area contributed by atoms with Gasteiger partial charge in [-0.15, -0.1) is 0 Å². The zero-order valence-corrected chi connectivity index (χ0v) is 14.8. The SMILES string of the molecule is COc1ccc([N+](=O)[O-])cc1NC(=O)c1ccc(N2CCCCC2=O)cc1. The standard InChI is InChI=1S/C19H19N3O5/c1-27-17-10-9-15(22(25)26)12-16(17)20-19(24)13-5-7-14(8-6-13)21-11-3-2-4-18(21)23/h5-10,12H,2-4,11H2,1H3,(H,20,24). The van der Waals surface area contributed by atoms with E-state index in [0.29, 0.717) is 24.3 Å². The largest absolute Gasteiger partial charge is 0.495 e. The van der Waals surface area contributed by atoms with Gasteiger partial charge < -0.3 is 15.0 Å². The Bertz CT molecular complexity index is 879. The predicted molar refractivity (Wildman–Crippen MR) is 100 cm³/mol. The summed E-state index contributed by atoms with van der Waals surface area (Å²) >= 11 is 0. The van der Waals surface area contributed by atoms with Gasteiger partial charge in [-0.05, 0) is 43.2 Å². The Morgan fingerprint density at radius 1 is 1.19 bits per heavy atom. The fourth-order valence-electron chi connectivity index (χ4n) is 2.97. The lowest BCUT2D eigenvalue weighted by atomic mass is 10.1. The Morgan fingerprint density at radius 3 is 2.56 bits per heavy atom. The number of benzene rings is 2. The number of ether oxygens (including phenoxy) is 1. The number of nitrogens with zero attached hydrogens (tertiary/aromatic N) is 2. The second-order valence-electron chi connectivity index (χ2n) is 6.15. The summed E-state index contributed by atoms with van der Waals surface area (Å²) in [6.07, 6.45) is 2.40. The molecule has 3 rings (SSSR count). The molecule has 140 valence electrons. The Kier molecular flexibility index (Phi) is 5.35. The van der Waals surface area contributed by atoms with Crippen LogP contribution in [0.25, 0.3) is 0 Å². The Morgan fingerprint density at radius 2 is 1.93 bits per heavy atom. The zero-order chi connectivity index (χ0) is 19.4. The second-order valence-corrected chi connectivity index (χ2v) is 6.15. The van der Waals surface area contributed by atoms with E-state index in [-0.39, 0.29) is 17.3 Å². The summed E-state index contributed by atoms with van der Waals surface area (Å²) in [7, 11) is 1.42. The first-order valence-corrected chi connectivity index (χ1v) is 8.54. The summed E-state index contributed by atoms with van der Waals surface area (Å²) in [4.78, 5) is 36.6. The normalized spacial score (nSPS) is 14.0. The number of hydrogen-bond acceptors (Lipinski definition) is 5. The van der Waals surface area contributed by atoms with E-state index in [4.69, 9.17) is 4.74 Å². The van der Waals surface area contributed by atoms with Crippen molar-refractivity contribution in [3.05, 3.63) is 58.1 Å². The average molecular weight is 369 g/mol. The van der Waals surface area contributed by atoms with Crippen LogP contribution in [-0.2, 0) is 4.79 Å². The molecule has 0 radical (unpaired) electrons. The number of nitrogens with one attached hydrogen (secondary N) is 1. The number of carbonyl (C=O) groups excluding carboxylic acids is 2. The summed E-state index contributed by atoms with van der Waals surface area (Å²) in [5, 5.41) is 13.6. The number of nitro benzene ring substituents is 1. The minimum absolute atomic E-state index is 0.0831. The molecule has 1 aliphatic heterocycles. The number of amides is 2. The summed E-state index contributed by atoms with van der Waals surface area (Å²) < 4.78 is 5.15. The molecule has 0 spiro atoms. The number of rotatable bonds is 5. The van der Waals surface area contributed by atoms with E-state index >= 15 is 0 Å². The van der Waals surface area contributed by atoms with Crippen LogP contribution in [0.15, 0.2) is 42.5 Å². The average Bonchev–Trinajstić information content (AvgIpc) is 2.68. The van der Waals surface area contributed by atoms with Crippen molar-refractivity contribution in [3.8, 4) is 5.75 Å². The number of carbonyl (C=O) groups is 2. The molecule has 2 amide bonds. The fraction of sp³-hybridized carbons (Fsp3) is 0.263. The minimum atomic E-state index is -0.542. The van der Waals surface area contributed by atoms with Gasteiger partial charge in [-0.3, -0.25) is 19.7 Å². The first kappa shape index (κ1) is 18.4. The first-order valence-electron chi connectivity index (χ1n) is 8.54. The summed E-state index contributed by atoms with van der Waals surface area (Å²) in [6, 6.07) is 10.7. The number of hydrogen-bond donors (Lipinski definition) is 1. The van der Waals surface area contributed by atoms with Crippen LogP contribution in [0.4, 0.5) is 17.1 Å². The highest BCUT2D eigenvalue weighted by molar-refractivity contribution is 6.05. The molecule has 1 aliphatic rings. The smallest absolute Gasteiger partial charge is 0.271 e. The molecule has 0 saturated carbocycles. The molecule has 2 aromatic carbocycles. The van der Waals surface area contributed by atoms with Crippen LogP contribution in [0.1, 0.15) is 29.6 Å². The molecular formula is C19H19N3O5. The van der Waals surface area contributed by atoms with Crippen molar-refractivity contribution in [2.75, 3.05) is 23.9 Å². The van der Waals surface area contributed by atoms with Gasteiger partial charge in [0.1, 0.15) is 5.75 Å². The van der Waals surface area contributed by atoms with Crippen molar-refractivity contribution in [1.82, 2.24) is 0 Å². The molecule has 1 fully saturated rings. The third-order valence-corrected chi connectivity index (χ3v) is 4.41. The van der Waals surface area contributed by atoms with E-state index in [1.807, 2.05) is 0 Å². The van der Waals surface area contributed by atoms with Crippen molar-refractivity contribution in [1.29, 1.82) is 0 Å². The van der Waals surface area contributed by atoms with E-state index in [1.54, 1.807) is 29.2 Å². The first-order chi connectivity index (χ1) is 13.0. The van der Waals surface area contributed by atoms with Crippen molar-refractivity contribution in [2.45, 2.75) is 19.3 Å². The summed E-state index contributed by atoms with van der Waals surface area (Å²) in [5.74, 6) is -0.0189. The molecule has 2 aromatic rings. The van der Waals surface area contributed by atoms with E-state index in [0.717, 1.165) is 18.5 Å². The van der Waals surface area contributed by atoms with Crippen LogP contribution in [0.2, 0.25) is 0 Å². The Balaban J connectivity index is 1.77. The van der Waals surface area contributed by atoms with Gasteiger partial charge in [-0.1, -0.05) is 0 Å². The molecule has 8 heteroatoms. The fourth-order valence-corrected chi connectivity index (χ4v) is 2.97. The molecule has 1 saturated heterocycles. The maximum Gasteiger partial charge on any atom is 0.271 e. The maximum absolute atomic E-state index is 12.5. The molecule has 1 N–H and O–H groups in total. The van der Waals surface area contributed by atoms with Gasteiger partial charge in [0.05, 0.1) is 17.7 Å². The lowest BCUT2D eigenvalue weighted by molar-refractivity contribution is -0.384. The molecule has 0 aromatic heterocycles. The van der Waals surface area contributed by atoms with Gasteiger partial charge in [0, 0.05) is 36.3 Å². The number of non-ortho nitro benzene ring substituents is 1. The third-order valence-electron chi connectivity index (χ3n) is 4.41. The van der Waals surface area contributed by atoms with Gasteiger partial charge in [-0.2, -0.15) is 0 Å². The maximum atomic E-state index is 12.5. The highest BCUT2D eigenvalue weighted by Gasteiger charge is 2.20. The summed E-state index contributed by atoms with van der Waals surface area (Å²) in [6.45, 7) is 0.676. The van der Waals surface area contributed by atoms with Crippen molar-refractivity contribution in [2.24, 2.45) is 0 Å². The second kappa shape index (κ2) is 7.86. The van der Waals surface area contributed by atoms with Crippen LogP contribution < -0.4 is 15.0 Å². The van der Waals surface area contributed by atoms with Gasteiger partial charge in [0.2, 0.25) is 5.91 Å². The highest BCUT2D eigenvalue weighted by atomic mass is 16.6. The number of piperidine rings is 1. The van der Waals surface area contributed by atoms with Gasteiger partial charge in [-0.25, -0.2) is 0 Å². The molecule has 0 atom stereocenters. The third kappa shape index (κ3) is 4.05. The van der Waals surface area contributed by atoms with Gasteiger partial charge in [0.15, 0.2) is 0 Å². The molecule has 0 aliphatic carbocycles. The molecule has 27 heavy (non-hydrogen) atoms. The zero-order valence-electron chi connectivity index (χ0n) is 14.8. The summed E-state index contributed by atoms with van der Waals surface area (Å²) in [5.41, 5.74) is 1.19. The van der Waals surface area contributed by atoms with Gasteiger partial charge >= 0.3 is 0 Å². The van der Waals surface area contributed by atoms with Crippen LogP contribution in [0, 0.1) is 10.1 Å². The molecule has 0 bridgehead atoms. The van der Waals surface area contributed by atoms with Crippen molar-refractivity contribution >= 4 is 28.9 Å². The Hall–Kier alpha value is -3.42. The number of methoxy groups -OCH3 is 1. The number of anilines is 2. The lowest BCUT2D eigenvalue weighted by Gasteiger charge is -2.26. The quantitative estimate of drug-likeness (QED) is 0.643. The molecule has 0 unspecified atom stereocenters. The molecule has 1 heterocycles. The molecule has 8 nitrogen and oxygen atoms in total. The lowest BCUT2D eigenvalue weighted by Crippen LogP contribution is -2.35. The Labute approximate surface area is 155 Å². The van der Waals surface area contributed by atoms with Crippen LogP contribution in [0.5, 0.6) is 5.75 Å². The van der Waals surface area contributed by atoms with Gasteiger partial charge in [0.25, 0.3) is 11.6 Å². The monoisotopic (exact) mass is 369 g/mol. The topological polar surface area (TPSA) is 102 Å². The van der Waals surface area contributed by atoms with Crippen molar-refractivity contribution < 1.29 is 19.2 Å². The highest BCUT2D eigenvalue weighted by Crippen LogP contribution is 2.29. The van der Waals surface area contributed by atoms with Crippen LogP contribution in [0.3, 0.4) is 0 Å². The van der Waals surface area contributed by atoms with E-state index in [1.165, 1.54) is 25.3 Å². The van der Waals surface area contributed by atoms with E-state index in [2.05, 4.69) is 5.32 Å². The van der Waals surface area contributed by atoms with Crippen molar-refractivity contribution in [3.63, 3.8) is 0 Å². The van der Waals surface area contributed by atoms with Crippen LogP contribution >= 0.6 is 0 Å². The van der Waals surface area contributed by atoms with E-state index < -0.39 is 10.8 Å².